The molecule has 0 spiro atoms. The van der Waals surface area contributed by atoms with Gasteiger partial charge in [-0.25, -0.2) is 0 Å². The van der Waals surface area contributed by atoms with Crippen LogP contribution in [0.1, 0.15) is 0 Å². The van der Waals surface area contributed by atoms with Gasteiger partial charge in [0.15, 0.2) is 0 Å². The number of hydrogen-bond donors (Lipinski definition) is 0. The predicted octanol–water partition coefficient (Wildman–Crippen LogP) is 15.1. The van der Waals surface area contributed by atoms with Gasteiger partial charge < -0.3 is 0 Å². The third-order valence-corrected chi connectivity index (χ3v) is 10.9. The molecule has 0 nitrogen and oxygen atoms in total. The molecule has 0 fully saturated rings. The van der Waals surface area contributed by atoms with Crippen LogP contribution in [-0.4, -0.2) is 0 Å². The molecule has 0 atom stereocenters. The molecule has 0 amide bonds. The molecular formula is C54H36. The molecule has 0 aliphatic rings. The van der Waals surface area contributed by atoms with Gasteiger partial charge in [-0.1, -0.05) is 206 Å². The van der Waals surface area contributed by atoms with Crippen LogP contribution < -0.4 is 0 Å². The largest absolute Gasteiger partial charge is 0.0622 e. The molecule has 0 aliphatic heterocycles. The number of benzene rings is 10. The van der Waals surface area contributed by atoms with Gasteiger partial charge in [-0.05, 0) is 111 Å². The second-order valence-corrected chi connectivity index (χ2v) is 14.1. The van der Waals surface area contributed by atoms with Crippen LogP contribution in [-0.2, 0) is 0 Å². The fourth-order valence-corrected chi connectivity index (χ4v) is 7.91. The van der Waals surface area contributed by atoms with Gasteiger partial charge >= 0.3 is 0 Å². The Morgan fingerprint density at radius 3 is 0.667 bits per heavy atom. The van der Waals surface area contributed by atoms with Crippen LogP contribution in [0, 0.1) is 0 Å². The van der Waals surface area contributed by atoms with Gasteiger partial charge in [0.2, 0.25) is 0 Å². The average molecular weight is 685 g/mol. The molecule has 0 heterocycles. The lowest BCUT2D eigenvalue weighted by atomic mass is 9.92. The van der Waals surface area contributed by atoms with Crippen molar-refractivity contribution in [1.29, 1.82) is 0 Å². The molecule has 0 bridgehead atoms. The van der Waals surface area contributed by atoms with Gasteiger partial charge in [-0.2, -0.15) is 0 Å². The highest BCUT2D eigenvalue weighted by atomic mass is 14.1. The molecule has 0 heteroatoms. The van der Waals surface area contributed by atoms with E-state index >= 15 is 0 Å². The molecule has 10 rings (SSSR count). The van der Waals surface area contributed by atoms with Crippen molar-refractivity contribution >= 4 is 32.3 Å². The number of rotatable bonds is 6. The third-order valence-electron chi connectivity index (χ3n) is 10.9. The lowest BCUT2D eigenvalue weighted by molar-refractivity contribution is 1.58. The summed E-state index contributed by atoms with van der Waals surface area (Å²) in [6.45, 7) is 0. The summed E-state index contributed by atoms with van der Waals surface area (Å²) >= 11 is 0. The van der Waals surface area contributed by atoms with E-state index < -0.39 is 0 Å². The quantitative estimate of drug-likeness (QED) is 0.153. The van der Waals surface area contributed by atoms with Crippen molar-refractivity contribution in [3.8, 4) is 66.8 Å². The predicted molar refractivity (Wildman–Crippen MR) is 232 cm³/mol. The second kappa shape index (κ2) is 13.5. The highest BCUT2D eigenvalue weighted by Crippen LogP contribution is 2.37. The van der Waals surface area contributed by atoms with Gasteiger partial charge in [0.1, 0.15) is 0 Å². The monoisotopic (exact) mass is 684 g/mol. The normalized spacial score (nSPS) is 11.3. The average Bonchev–Trinajstić information content (AvgIpc) is 3.26. The third kappa shape index (κ3) is 5.94. The lowest BCUT2D eigenvalue weighted by Crippen LogP contribution is -1.85. The number of hydrogen-bond acceptors (Lipinski definition) is 0. The van der Waals surface area contributed by atoms with Crippen LogP contribution in [0.3, 0.4) is 0 Å². The van der Waals surface area contributed by atoms with Crippen LogP contribution in [0.2, 0.25) is 0 Å². The summed E-state index contributed by atoms with van der Waals surface area (Å²) in [6.07, 6.45) is 0. The van der Waals surface area contributed by atoms with E-state index in [1.807, 2.05) is 0 Å². The van der Waals surface area contributed by atoms with E-state index in [4.69, 9.17) is 0 Å². The molecule has 0 aromatic heterocycles. The van der Waals surface area contributed by atoms with E-state index in [2.05, 4.69) is 218 Å². The molecule has 10 aromatic carbocycles. The Hall–Kier alpha value is -7.02. The molecule has 0 N–H and O–H groups in total. The first-order valence-corrected chi connectivity index (χ1v) is 18.7. The van der Waals surface area contributed by atoms with E-state index in [0.29, 0.717) is 0 Å². The highest BCUT2D eigenvalue weighted by molar-refractivity contribution is 6.18. The Labute approximate surface area is 316 Å². The molecule has 0 aliphatic carbocycles. The summed E-state index contributed by atoms with van der Waals surface area (Å²) in [4.78, 5) is 0. The van der Waals surface area contributed by atoms with E-state index in [-0.39, 0.29) is 0 Å². The van der Waals surface area contributed by atoms with Crippen molar-refractivity contribution < 1.29 is 0 Å². The van der Waals surface area contributed by atoms with Gasteiger partial charge in [0.05, 0.1) is 0 Å². The molecule has 0 unspecified atom stereocenters. The van der Waals surface area contributed by atoms with E-state index in [1.54, 1.807) is 0 Å². The fourth-order valence-electron chi connectivity index (χ4n) is 7.91. The summed E-state index contributed by atoms with van der Waals surface area (Å²) in [5.74, 6) is 0. The molecule has 10 aromatic rings. The van der Waals surface area contributed by atoms with Gasteiger partial charge in [0, 0.05) is 0 Å². The zero-order valence-corrected chi connectivity index (χ0v) is 29.8. The summed E-state index contributed by atoms with van der Waals surface area (Å²) < 4.78 is 0. The molecule has 0 saturated heterocycles. The maximum atomic E-state index is 2.36. The first-order valence-electron chi connectivity index (χ1n) is 18.7. The smallest absolute Gasteiger partial charge is 0.00987 e. The fraction of sp³-hybridized carbons (Fsp3) is 0. The minimum Gasteiger partial charge on any atom is -0.0622 e. The van der Waals surface area contributed by atoms with Crippen LogP contribution >= 0.6 is 0 Å². The minimum absolute atomic E-state index is 1.22. The van der Waals surface area contributed by atoms with Crippen molar-refractivity contribution in [2.75, 3.05) is 0 Å². The number of fused-ring (bicyclic) bond motifs is 5. The topological polar surface area (TPSA) is 0 Å². The van der Waals surface area contributed by atoms with Crippen LogP contribution in [0.25, 0.3) is 99.1 Å². The van der Waals surface area contributed by atoms with Crippen molar-refractivity contribution in [2.24, 2.45) is 0 Å². The van der Waals surface area contributed by atoms with Crippen molar-refractivity contribution in [3.05, 3.63) is 218 Å². The van der Waals surface area contributed by atoms with E-state index in [0.717, 1.165) is 0 Å². The molecule has 0 saturated carbocycles. The first kappa shape index (κ1) is 31.7. The summed E-state index contributed by atoms with van der Waals surface area (Å²) in [5.41, 5.74) is 14.7. The van der Waals surface area contributed by atoms with Gasteiger partial charge in [-0.3, -0.25) is 0 Å². The zero-order chi connectivity index (χ0) is 35.8. The molecule has 54 heavy (non-hydrogen) atoms. The van der Waals surface area contributed by atoms with Gasteiger partial charge in [0.25, 0.3) is 0 Å². The maximum Gasteiger partial charge on any atom is -0.00987 e. The van der Waals surface area contributed by atoms with Gasteiger partial charge in [-0.15, -0.1) is 0 Å². The van der Waals surface area contributed by atoms with Crippen LogP contribution in [0.5, 0.6) is 0 Å². The maximum absolute atomic E-state index is 2.36. The van der Waals surface area contributed by atoms with Crippen molar-refractivity contribution in [1.82, 2.24) is 0 Å². The first-order chi connectivity index (χ1) is 26.7. The standard InChI is InChI=1S/C54H36/c1-3-7-37(8-4-1)39-11-15-41(16-12-39)43-19-23-45(24-20-43)49-29-27-47-31-34-52-51(53(47)35-49)33-32-48-28-30-50(36-54(48)52)46-25-21-44(22-26-46)42-17-13-40(14-18-42)38-9-5-2-6-10-38/h1-36H. The summed E-state index contributed by atoms with van der Waals surface area (Å²) in [7, 11) is 0. The molecule has 0 radical (unpaired) electrons. The zero-order valence-electron chi connectivity index (χ0n) is 29.8. The second-order valence-electron chi connectivity index (χ2n) is 14.1. The minimum atomic E-state index is 1.22. The highest BCUT2D eigenvalue weighted by Gasteiger charge is 2.10. The summed E-state index contributed by atoms with van der Waals surface area (Å²) in [6, 6.07) is 79.6. The Morgan fingerprint density at radius 2 is 0.370 bits per heavy atom. The Kier molecular flexibility index (Phi) is 7.93. The Morgan fingerprint density at radius 1 is 0.148 bits per heavy atom. The Bertz CT molecular complexity index is 2700. The lowest BCUT2D eigenvalue weighted by Gasteiger charge is -2.12. The van der Waals surface area contributed by atoms with Crippen LogP contribution in [0.15, 0.2) is 218 Å². The summed E-state index contributed by atoms with van der Waals surface area (Å²) in [5, 5.41) is 7.63. The van der Waals surface area contributed by atoms with Crippen molar-refractivity contribution in [2.45, 2.75) is 0 Å². The van der Waals surface area contributed by atoms with E-state index in [9.17, 15) is 0 Å². The molecular weight excluding hydrogens is 649 g/mol. The van der Waals surface area contributed by atoms with Crippen molar-refractivity contribution in [3.63, 3.8) is 0 Å². The van der Waals surface area contributed by atoms with Crippen LogP contribution in [0.4, 0.5) is 0 Å². The van der Waals surface area contributed by atoms with E-state index in [1.165, 1.54) is 99.1 Å². The Balaban J connectivity index is 0.939. The molecule has 252 valence electrons. The SMILES string of the molecule is c1ccc(-c2ccc(-c3ccc(-c4ccc5ccc6c7cc(-c8ccc(-c9ccc(-c%10ccccc%10)cc9)cc8)ccc7ccc6c5c4)cc3)cc2)cc1.